The van der Waals surface area contributed by atoms with Crippen molar-refractivity contribution >= 4 is 17.8 Å². The van der Waals surface area contributed by atoms with Gasteiger partial charge in [0.1, 0.15) is 5.69 Å². The van der Waals surface area contributed by atoms with Gasteiger partial charge in [0.05, 0.1) is 0 Å². The van der Waals surface area contributed by atoms with Gasteiger partial charge in [-0.2, -0.15) is 52.7 Å². The molecule has 0 saturated carbocycles. The zero-order valence-corrected chi connectivity index (χ0v) is 23.3. The number of ketones is 2. The summed E-state index contributed by atoms with van der Waals surface area (Å²) >= 11 is 0. The van der Waals surface area contributed by atoms with Crippen LogP contribution in [0.3, 0.4) is 0 Å². The molecule has 0 saturated heterocycles. The van der Waals surface area contributed by atoms with Crippen LogP contribution >= 0.6 is 0 Å². The monoisotopic (exact) mass is 658 g/mol. The van der Waals surface area contributed by atoms with Gasteiger partial charge in [-0.1, -0.05) is 6.07 Å². The van der Waals surface area contributed by atoms with Crippen molar-refractivity contribution in [3.8, 4) is 0 Å². The maximum absolute atomic E-state index is 11.5. The number of hydrogen-bond acceptors (Lipinski definition) is 6. The number of pyridine rings is 1. The van der Waals surface area contributed by atoms with Gasteiger partial charge in [-0.3, -0.25) is 14.6 Å². The zero-order chi connectivity index (χ0) is 31.6. The van der Waals surface area contributed by atoms with E-state index in [-0.39, 0.29) is 19.5 Å². The van der Waals surface area contributed by atoms with E-state index < -0.39 is 65.5 Å². The summed E-state index contributed by atoms with van der Waals surface area (Å²) < 4.78 is 137. The number of halogens is 12. The first-order chi connectivity index (χ1) is 17.1. The maximum atomic E-state index is 11.5. The number of carbonyl (C=O) groups excluding carboxylic acids is 2. The quantitative estimate of drug-likeness (QED) is 0.0597. The summed E-state index contributed by atoms with van der Waals surface area (Å²) in [5, 5.41) is 27.3. The van der Waals surface area contributed by atoms with E-state index in [1.54, 1.807) is 12.3 Å². The van der Waals surface area contributed by atoms with Gasteiger partial charge in [-0.15, -0.1) is 0 Å². The van der Waals surface area contributed by atoms with Crippen molar-refractivity contribution in [2.24, 2.45) is 0 Å². The van der Waals surface area contributed by atoms with Crippen LogP contribution < -0.4 is 0 Å². The Morgan fingerprint density at radius 1 is 0.750 bits per heavy atom. The van der Waals surface area contributed by atoms with Gasteiger partial charge in [-0.25, -0.2) is 4.74 Å². The number of nitrogens with zero attached hydrogens (tertiary/aromatic N) is 2. The maximum Gasteiger partial charge on any atom is 0.454 e. The summed E-state index contributed by atoms with van der Waals surface area (Å²) in [5.41, 5.74) is 0.282. The molecule has 0 unspecified atom stereocenters. The Kier molecular flexibility index (Phi) is 16.1. The Morgan fingerprint density at radius 3 is 1.32 bits per heavy atom. The smallest absolute Gasteiger partial charge is 0.454 e. The summed E-state index contributed by atoms with van der Waals surface area (Å²) in [6.45, 7) is 5.58. The Morgan fingerprint density at radius 2 is 1.10 bits per heavy atom. The number of carbonyl (C=O) groups is 2. The Bertz CT molecular complexity index is 1000. The second kappa shape index (κ2) is 15.6. The molecule has 1 aromatic heterocycles. The van der Waals surface area contributed by atoms with E-state index in [0.717, 1.165) is 4.74 Å². The third-order valence-electron chi connectivity index (χ3n) is 3.27. The third-order valence-corrected chi connectivity index (χ3v) is 3.27. The van der Waals surface area contributed by atoms with Crippen LogP contribution in [0.5, 0.6) is 0 Å². The van der Waals surface area contributed by atoms with E-state index in [1.807, 2.05) is 32.9 Å². The minimum Gasteiger partial charge on any atom is -0.623 e. The molecule has 20 heteroatoms. The van der Waals surface area contributed by atoms with Gasteiger partial charge >= 0.3 is 24.7 Å². The molecule has 2 N–H and O–H groups in total. The molecule has 0 aliphatic carbocycles. The first-order valence-corrected chi connectivity index (χ1v) is 9.50. The SMILES string of the molecule is CC(C)(C)/[N+]([O-])=C/c1ccccn1.O=C(/C=C(\O)C(F)(F)F)C(F)(F)F.O=C(/C=C(\O)C(F)(F)F)C(F)(F)F.[Zn]. The number of allylic oxidation sites excluding steroid dienone is 4. The van der Waals surface area contributed by atoms with Crippen molar-refractivity contribution in [3.05, 3.63) is 59.0 Å². The van der Waals surface area contributed by atoms with E-state index in [9.17, 15) is 67.5 Å². The van der Waals surface area contributed by atoms with Crippen LogP contribution in [0.15, 0.2) is 48.1 Å². The number of aliphatic hydroxyl groups is 2. The van der Waals surface area contributed by atoms with Crippen LogP contribution in [-0.4, -0.2) is 68.0 Å². The van der Waals surface area contributed by atoms with Gasteiger partial charge < -0.3 is 15.4 Å². The molecule has 0 radical (unpaired) electrons. The molecule has 40 heavy (non-hydrogen) atoms. The summed E-state index contributed by atoms with van der Waals surface area (Å²) in [6, 6.07) is 5.48. The van der Waals surface area contributed by atoms with E-state index >= 15 is 0 Å². The number of rotatable bonds is 3. The molecule has 7 nitrogen and oxygen atoms in total. The van der Waals surface area contributed by atoms with Gasteiger partial charge in [0.15, 0.2) is 5.54 Å². The minimum absolute atomic E-state index is 0. The molecule has 0 amide bonds. The summed E-state index contributed by atoms with van der Waals surface area (Å²) in [5.74, 6) is -10.7. The molecular formula is C20H18F12N2O5Zn. The first-order valence-electron chi connectivity index (χ1n) is 9.50. The first kappa shape index (κ1) is 41.3. The molecule has 1 rings (SSSR count). The summed E-state index contributed by atoms with van der Waals surface area (Å²) in [7, 11) is 0. The number of hydroxylamine groups is 1. The topological polar surface area (TPSA) is 114 Å². The average molecular weight is 660 g/mol. The molecule has 0 aliphatic rings. The third kappa shape index (κ3) is 18.2. The van der Waals surface area contributed by atoms with Crippen LogP contribution in [0.4, 0.5) is 52.7 Å². The Labute approximate surface area is 229 Å². The van der Waals surface area contributed by atoms with Gasteiger partial charge in [-0.05, 0) is 12.1 Å². The van der Waals surface area contributed by atoms with E-state index in [0.29, 0.717) is 5.69 Å². The van der Waals surface area contributed by atoms with Crippen molar-refractivity contribution in [1.82, 2.24) is 4.98 Å². The average Bonchev–Trinajstić information content (AvgIpc) is 2.72. The standard InChI is InChI=1S/C10H14N2O.2C5H2F6O2.Zn/c1-10(2,3)12(13)8-9-6-4-5-7-11-9;2*6-4(7,8)2(12)1-3(13)5(9,10)11;/h4-8H,1-3H3;2*1,12H;/b12-8-;2*2-1-;. The molecule has 0 spiro atoms. The van der Waals surface area contributed by atoms with Crippen LogP contribution in [0.2, 0.25) is 0 Å². The van der Waals surface area contributed by atoms with Gasteiger partial charge in [0.2, 0.25) is 17.7 Å². The predicted molar refractivity (Wildman–Crippen MR) is 108 cm³/mol. The molecular weight excluding hydrogens is 642 g/mol. The van der Waals surface area contributed by atoms with Gasteiger partial charge in [0.25, 0.3) is 11.6 Å². The fourth-order valence-corrected chi connectivity index (χ4v) is 1.34. The molecule has 0 fully saturated rings. The van der Waals surface area contributed by atoms with E-state index in [2.05, 4.69) is 4.98 Å². The molecule has 0 aromatic carbocycles. The van der Waals surface area contributed by atoms with E-state index in [1.165, 1.54) is 6.21 Å². The van der Waals surface area contributed by atoms with Crippen molar-refractivity contribution in [2.45, 2.75) is 51.0 Å². The van der Waals surface area contributed by atoms with Crippen LogP contribution in [-0.2, 0) is 29.1 Å². The van der Waals surface area contributed by atoms with Crippen molar-refractivity contribution in [1.29, 1.82) is 0 Å². The Hall–Kier alpha value is -3.18. The van der Waals surface area contributed by atoms with Crippen LogP contribution in [0, 0.1) is 5.21 Å². The summed E-state index contributed by atoms with van der Waals surface area (Å²) in [6.07, 6.45) is -20.2. The number of hydrogen-bond donors (Lipinski definition) is 2. The zero-order valence-electron chi connectivity index (χ0n) is 20.3. The molecule has 0 atom stereocenters. The second-order valence-electron chi connectivity index (χ2n) is 7.66. The molecule has 0 bridgehead atoms. The molecule has 0 aliphatic heterocycles. The molecule has 224 valence electrons. The normalized spacial score (nSPS) is 13.6. The molecule has 1 aromatic rings. The van der Waals surface area contributed by atoms with Crippen LogP contribution in [0.25, 0.3) is 0 Å². The Balaban J connectivity index is -0.000000507. The van der Waals surface area contributed by atoms with Crippen molar-refractivity contribution in [2.75, 3.05) is 0 Å². The van der Waals surface area contributed by atoms with Crippen molar-refractivity contribution < 1.29 is 96.7 Å². The largest absolute Gasteiger partial charge is 0.623 e. The van der Waals surface area contributed by atoms with Gasteiger partial charge in [0, 0.05) is 58.6 Å². The second-order valence-corrected chi connectivity index (χ2v) is 7.66. The molecule has 1 heterocycles. The minimum atomic E-state index is -5.42. The predicted octanol–water partition coefficient (Wildman–Crippen LogP) is 6.05. The van der Waals surface area contributed by atoms with Crippen molar-refractivity contribution in [3.63, 3.8) is 0 Å². The number of alkyl halides is 12. The fourth-order valence-electron chi connectivity index (χ4n) is 1.34. The fraction of sp³-hybridized carbons (Fsp3) is 0.400. The van der Waals surface area contributed by atoms with Crippen LogP contribution in [0.1, 0.15) is 26.5 Å². The number of aliphatic hydroxyl groups excluding tert-OH is 2. The number of aromatic nitrogens is 1. The summed E-state index contributed by atoms with van der Waals surface area (Å²) in [4.78, 5) is 23.8. The van der Waals surface area contributed by atoms with E-state index in [4.69, 9.17) is 10.2 Å².